The van der Waals surface area contributed by atoms with Gasteiger partial charge in [-0.25, -0.2) is 0 Å². The Balaban J connectivity index is 1.41. The Morgan fingerprint density at radius 1 is 0.806 bits per heavy atom. The molecule has 0 aromatic heterocycles. The van der Waals surface area contributed by atoms with Gasteiger partial charge in [0.05, 0.1) is 4.92 Å². The molecular formula is C29H21N3O4. The number of nitrogens with zero attached hydrogens (tertiary/aromatic N) is 1. The van der Waals surface area contributed by atoms with Gasteiger partial charge in [-0.3, -0.25) is 19.7 Å². The van der Waals surface area contributed by atoms with Crippen molar-refractivity contribution >= 4 is 29.3 Å². The van der Waals surface area contributed by atoms with Crippen molar-refractivity contribution in [2.75, 3.05) is 5.32 Å². The van der Waals surface area contributed by atoms with Crippen LogP contribution in [-0.2, 0) is 11.2 Å². The first-order valence-corrected chi connectivity index (χ1v) is 11.3. The van der Waals surface area contributed by atoms with Crippen molar-refractivity contribution < 1.29 is 14.5 Å². The number of nitrogens with one attached hydrogen (secondary N) is 2. The number of carbonyl (C=O) groups excluding carboxylic acids is 2. The summed E-state index contributed by atoms with van der Waals surface area (Å²) in [5.74, 6) is -0.948. The van der Waals surface area contributed by atoms with Crippen LogP contribution >= 0.6 is 0 Å². The second-order valence-corrected chi connectivity index (χ2v) is 8.39. The van der Waals surface area contributed by atoms with Gasteiger partial charge in [-0.15, -0.1) is 0 Å². The molecule has 4 aromatic rings. The molecule has 0 saturated carbocycles. The van der Waals surface area contributed by atoms with Crippen molar-refractivity contribution in [1.29, 1.82) is 0 Å². The van der Waals surface area contributed by atoms with Gasteiger partial charge in [-0.2, -0.15) is 0 Å². The second-order valence-electron chi connectivity index (χ2n) is 8.39. The molecule has 1 aliphatic rings. The topological polar surface area (TPSA) is 101 Å². The van der Waals surface area contributed by atoms with Crippen molar-refractivity contribution in [2.24, 2.45) is 0 Å². The summed E-state index contributed by atoms with van der Waals surface area (Å²) in [4.78, 5) is 36.6. The number of nitro groups is 1. The lowest BCUT2D eigenvalue weighted by molar-refractivity contribution is -0.384. The minimum Gasteiger partial charge on any atom is -0.321 e. The molecule has 0 fully saturated rings. The average Bonchev–Trinajstić information content (AvgIpc) is 3.27. The lowest BCUT2D eigenvalue weighted by Crippen LogP contribution is -2.30. The fourth-order valence-electron chi connectivity index (χ4n) is 4.22. The highest BCUT2D eigenvalue weighted by Gasteiger charge is 2.20. The Hall–Kier alpha value is -5.04. The Morgan fingerprint density at radius 3 is 2.25 bits per heavy atom. The summed E-state index contributed by atoms with van der Waals surface area (Å²) < 4.78 is 0. The van der Waals surface area contributed by atoms with E-state index in [0.717, 1.165) is 17.5 Å². The van der Waals surface area contributed by atoms with Crippen LogP contribution in [0.4, 0.5) is 11.4 Å². The maximum atomic E-state index is 13.3. The van der Waals surface area contributed by atoms with Crippen LogP contribution in [-0.4, -0.2) is 16.7 Å². The third-order valence-electron chi connectivity index (χ3n) is 6.00. The summed E-state index contributed by atoms with van der Waals surface area (Å²) >= 11 is 0. The van der Waals surface area contributed by atoms with Crippen LogP contribution in [0.25, 0.3) is 17.2 Å². The molecule has 7 nitrogen and oxygen atoms in total. The molecule has 2 amide bonds. The normalized spacial score (nSPS) is 11.8. The summed E-state index contributed by atoms with van der Waals surface area (Å²) in [6.45, 7) is 0. The van der Waals surface area contributed by atoms with Crippen LogP contribution in [0.1, 0.15) is 27.0 Å². The van der Waals surface area contributed by atoms with Gasteiger partial charge in [0.15, 0.2) is 0 Å². The zero-order valence-corrected chi connectivity index (χ0v) is 19.1. The van der Waals surface area contributed by atoms with E-state index in [2.05, 4.69) is 22.8 Å². The summed E-state index contributed by atoms with van der Waals surface area (Å²) in [7, 11) is 0. The number of rotatable bonds is 6. The molecule has 0 atom stereocenters. The van der Waals surface area contributed by atoms with Crippen molar-refractivity contribution in [1.82, 2.24) is 5.32 Å². The molecule has 0 spiro atoms. The zero-order valence-electron chi connectivity index (χ0n) is 19.1. The highest BCUT2D eigenvalue weighted by Crippen LogP contribution is 2.37. The largest absolute Gasteiger partial charge is 0.321 e. The summed E-state index contributed by atoms with van der Waals surface area (Å²) in [6.07, 6.45) is 2.27. The number of non-ortho nitro benzene ring substituents is 1. The van der Waals surface area contributed by atoms with Crippen molar-refractivity contribution in [2.45, 2.75) is 6.42 Å². The fraction of sp³-hybridized carbons (Fsp3) is 0.0345. The molecule has 5 rings (SSSR count). The molecular weight excluding hydrogens is 454 g/mol. The van der Waals surface area contributed by atoms with Gasteiger partial charge < -0.3 is 10.6 Å². The summed E-state index contributed by atoms with van der Waals surface area (Å²) in [5.41, 5.74) is 6.18. The SMILES string of the molecule is O=C(Nc1ccc2c(c1)Cc1ccccc1-2)/C(=C/c1ccc([N+](=O)[O-])cc1)NC(=O)c1ccccc1. The standard InChI is InChI=1S/C29H21N3O4/c33-28(20-6-2-1-3-7-20)31-27(16-19-10-13-24(14-11-19)32(35)36)29(34)30-23-12-15-26-22(18-23)17-21-8-4-5-9-25(21)26/h1-16,18H,17H2,(H,30,34)(H,31,33)/b27-16-. The van der Waals surface area contributed by atoms with E-state index in [9.17, 15) is 19.7 Å². The van der Waals surface area contributed by atoms with E-state index in [-0.39, 0.29) is 11.4 Å². The number of amides is 2. The summed E-state index contributed by atoms with van der Waals surface area (Å²) in [5, 5.41) is 16.5. The highest BCUT2D eigenvalue weighted by atomic mass is 16.6. The molecule has 4 aromatic carbocycles. The first kappa shape index (κ1) is 22.7. The minimum absolute atomic E-state index is 0.0153. The van der Waals surface area contributed by atoms with Gasteiger partial charge in [0.25, 0.3) is 17.5 Å². The van der Waals surface area contributed by atoms with Crippen molar-refractivity contribution in [3.63, 3.8) is 0 Å². The van der Waals surface area contributed by atoms with E-state index >= 15 is 0 Å². The lowest BCUT2D eigenvalue weighted by atomic mass is 10.1. The molecule has 0 radical (unpaired) electrons. The number of fused-ring (bicyclic) bond motifs is 3. The molecule has 36 heavy (non-hydrogen) atoms. The number of benzene rings is 4. The van der Waals surface area contributed by atoms with E-state index in [1.807, 2.05) is 30.3 Å². The average molecular weight is 476 g/mol. The molecule has 0 heterocycles. The molecule has 0 saturated heterocycles. The number of nitro benzene ring substituents is 1. The number of anilines is 1. The monoisotopic (exact) mass is 475 g/mol. The summed E-state index contributed by atoms with van der Waals surface area (Å²) in [6, 6.07) is 28.3. The van der Waals surface area contributed by atoms with Crippen LogP contribution in [0, 0.1) is 10.1 Å². The first-order valence-electron chi connectivity index (χ1n) is 11.3. The molecule has 2 N–H and O–H groups in total. The first-order chi connectivity index (χ1) is 17.5. The predicted molar refractivity (Wildman–Crippen MR) is 138 cm³/mol. The number of hydrogen-bond donors (Lipinski definition) is 2. The zero-order chi connectivity index (χ0) is 25.1. The third kappa shape index (κ3) is 4.76. The van der Waals surface area contributed by atoms with Crippen LogP contribution in [0.3, 0.4) is 0 Å². The van der Waals surface area contributed by atoms with E-state index < -0.39 is 16.7 Å². The van der Waals surface area contributed by atoms with Gasteiger partial charge in [0.1, 0.15) is 5.70 Å². The quantitative estimate of drug-likeness (QED) is 0.190. The smallest absolute Gasteiger partial charge is 0.272 e. The van der Waals surface area contributed by atoms with Gasteiger partial charge in [-0.1, -0.05) is 48.5 Å². The van der Waals surface area contributed by atoms with Crippen LogP contribution < -0.4 is 10.6 Å². The molecule has 1 aliphatic carbocycles. The van der Waals surface area contributed by atoms with Crippen LogP contribution in [0.15, 0.2) is 103 Å². The van der Waals surface area contributed by atoms with Gasteiger partial charge in [0, 0.05) is 23.4 Å². The van der Waals surface area contributed by atoms with Crippen molar-refractivity contribution in [3.8, 4) is 11.1 Å². The fourth-order valence-corrected chi connectivity index (χ4v) is 4.22. The van der Waals surface area contributed by atoms with Gasteiger partial charge in [-0.05, 0) is 76.7 Å². The number of carbonyl (C=O) groups is 2. The Labute approximate surface area is 207 Å². The van der Waals surface area contributed by atoms with E-state index in [1.165, 1.54) is 41.5 Å². The Kier molecular flexibility index (Phi) is 6.11. The van der Waals surface area contributed by atoms with E-state index in [4.69, 9.17) is 0 Å². The molecule has 176 valence electrons. The highest BCUT2D eigenvalue weighted by molar-refractivity contribution is 6.10. The maximum Gasteiger partial charge on any atom is 0.272 e. The van der Waals surface area contributed by atoms with Gasteiger partial charge in [0.2, 0.25) is 0 Å². The van der Waals surface area contributed by atoms with Crippen LogP contribution in [0.2, 0.25) is 0 Å². The Morgan fingerprint density at radius 2 is 1.50 bits per heavy atom. The molecule has 7 heteroatoms. The third-order valence-corrected chi connectivity index (χ3v) is 6.00. The molecule has 0 unspecified atom stereocenters. The molecule has 0 aliphatic heterocycles. The minimum atomic E-state index is -0.506. The maximum absolute atomic E-state index is 13.3. The second kappa shape index (κ2) is 9.68. The van der Waals surface area contributed by atoms with E-state index in [0.29, 0.717) is 16.8 Å². The van der Waals surface area contributed by atoms with Gasteiger partial charge >= 0.3 is 0 Å². The predicted octanol–water partition coefficient (Wildman–Crippen LogP) is 5.58. The van der Waals surface area contributed by atoms with Crippen molar-refractivity contribution in [3.05, 3.63) is 135 Å². The Bertz CT molecular complexity index is 1510. The van der Waals surface area contributed by atoms with Crippen LogP contribution in [0.5, 0.6) is 0 Å². The lowest BCUT2D eigenvalue weighted by Gasteiger charge is -2.12. The molecule has 0 bridgehead atoms. The number of hydrogen-bond acceptors (Lipinski definition) is 4. The van der Waals surface area contributed by atoms with E-state index in [1.54, 1.807) is 30.3 Å².